The summed E-state index contributed by atoms with van der Waals surface area (Å²) in [7, 11) is 1.76. The number of rotatable bonds is 4. The van der Waals surface area contributed by atoms with Gasteiger partial charge in [0.05, 0.1) is 12.7 Å². The van der Waals surface area contributed by atoms with Gasteiger partial charge in [-0.05, 0) is 12.8 Å². The minimum Gasteiger partial charge on any atom is -0.374 e. The molecule has 1 saturated carbocycles. The highest BCUT2D eigenvalue weighted by atomic mass is 16.5. The van der Waals surface area contributed by atoms with E-state index in [2.05, 4.69) is 16.7 Å². The molecule has 0 aromatic carbocycles. The Kier molecular flexibility index (Phi) is 3.10. The van der Waals surface area contributed by atoms with Crippen molar-refractivity contribution in [3.63, 3.8) is 0 Å². The maximum absolute atomic E-state index is 12.3. The number of likely N-dealkylation sites (tertiary alicyclic amines) is 1. The first-order valence-corrected chi connectivity index (χ1v) is 6.58. The summed E-state index contributed by atoms with van der Waals surface area (Å²) >= 11 is 0. The minimum absolute atomic E-state index is 0.0599. The molecule has 2 bridgehead atoms. The Balaban J connectivity index is 1.64. The van der Waals surface area contributed by atoms with E-state index >= 15 is 0 Å². The molecule has 1 amide bonds. The van der Waals surface area contributed by atoms with Crippen LogP contribution in [0.1, 0.15) is 23.5 Å². The average Bonchev–Trinajstić information content (AvgIpc) is 3.09. The molecule has 1 aliphatic carbocycles. The highest BCUT2D eigenvalue weighted by molar-refractivity contribution is 5.90. The molecule has 0 radical (unpaired) electrons. The quantitative estimate of drug-likeness (QED) is 0.746. The molecule has 19 heavy (non-hydrogen) atoms. The largest absolute Gasteiger partial charge is 0.374 e. The van der Waals surface area contributed by atoms with Gasteiger partial charge < -0.3 is 9.64 Å². The third-order valence-corrected chi connectivity index (χ3v) is 3.96. The van der Waals surface area contributed by atoms with Gasteiger partial charge in [-0.15, -0.1) is 11.7 Å². The molecule has 3 rings (SSSR count). The minimum atomic E-state index is -0.0599. The van der Waals surface area contributed by atoms with Crippen LogP contribution in [0.15, 0.2) is 19.0 Å². The zero-order valence-electron chi connectivity index (χ0n) is 11.0. The monoisotopic (exact) mass is 262 g/mol. The SMILES string of the molecule is C=CCOC1CC2CC1CN2C(=O)c1ncn(C)n1. The Hall–Kier alpha value is -1.69. The van der Waals surface area contributed by atoms with E-state index in [9.17, 15) is 4.79 Å². The van der Waals surface area contributed by atoms with Gasteiger partial charge in [0.15, 0.2) is 0 Å². The Morgan fingerprint density at radius 3 is 3.05 bits per heavy atom. The average molecular weight is 262 g/mol. The van der Waals surface area contributed by atoms with E-state index < -0.39 is 0 Å². The molecule has 3 atom stereocenters. The lowest BCUT2D eigenvalue weighted by Crippen LogP contribution is -2.42. The van der Waals surface area contributed by atoms with Crippen LogP contribution in [-0.2, 0) is 11.8 Å². The third-order valence-electron chi connectivity index (χ3n) is 3.96. The number of nitrogens with zero attached hydrogens (tertiary/aromatic N) is 4. The first kappa shape index (κ1) is 12.3. The Morgan fingerprint density at radius 2 is 2.47 bits per heavy atom. The first-order valence-electron chi connectivity index (χ1n) is 6.58. The van der Waals surface area contributed by atoms with Crippen molar-refractivity contribution in [3.05, 3.63) is 24.8 Å². The molecule has 1 aromatic rings. The molecule has 0 N–H and O–H groups in total. The second-order valence-electron chi connectivity index (χ2n) is 5.25. The fourth-order valence-electron chi connectivity index (χ4n) is 3.12. The van der Waals surface area contributed by atoms with Crippen LogP contribution in [0, 0.1) is 5.92 Å². The van der Waals surface area contributed by atoms with E-state index in [4.69, 9.17) is 4.74 Å². The highest BCUT2D eigenvalue weighted by Crippen LogP contribution is 2.39. The summed E-state index contributed by atoms with van der Waals surface area (Å²) in [5, 5.41) is 4.08. The Morgan fingerprint density at radius 1 is 1.63 bits per heavy atom. The molecule has 3 unspecified atom stereocenters. The second-order valence-corrected chi connectivity index (χ2v) is 5.25. The lowest BCUT2D eigenvalue weighted by molar-refractivity contribution is 0.0140. The molecular formula is C13H18N4O2. The van der Waals surface area contributed by atoms with Crippen molar-refractivity contribution in [2.24, 2.45) is 13.0 Å². The molecule has 0 spiro atoms. The van der Waals surface area contributed by atoms with Crippen molar-refractivity contribution in [3.8, 4) is 0 Å². The maximum atomic E-state index is 12.3. The Bertz CT molecular complexity index is 499. The summed E-state index contributed by atoms with van der Waals surface area (Å²) in [5.74, 6) is 0.673. The summed E-state index contributed by atoms with van der Waals surface area (Å²) in [6.45, 7) is 5.00. The van der Waals surface area contributed by atoms with E-state index in [-0.39, 0.29) is 18.1 Å². The summed E-state index contributed by atoms with van der Waals surface area (Å²) in [5.41, 5.74) is 0. The molecule has 1 saturated heterocycles. The molecule has 1 aromatic heterocycles. The lowest BCUT2D eigenvalue weighted by Gasteiger charge is -2.30. The zero-order valence-corrected chi connectivity index (χ0v) is 11.0. The fraction of sp³-hybridized carbons (Fsp3) is 0.615. The number of ether oxygens (including phenoxy) is 1. The van der Waals surface area contributed by atoms with Gasteiger partial charge >= 0.3 is 0 Å². The molecule has 6 nitrogen and oxygen atoms in total. The van der Waals surface area contributed by atoms with Crippen LogP contribution in [0.3, 0.4) is 0 Å². The van der Waals surface area contributed by atoms with E-state index in [0.717, 1.165) is 19.4 Å². The fourth-order valence-corrected chi connectivity index (χ4v) is 3.12. The maximum Gasteiger partial charge on any atom is 0.293 e. The van der Waals surface area contributed by atoms with Gasteiger partial charge in [0.25, 0.3) is 5.91 Å². The van der Waals surface area contributed by atoms with Gasteiger partial charge in [-0.1, -0.05) is 6.08 Å². The summed E-state index contributed by atoms with van der Waals surface area (Å²) in [6.07, 6.45) is 5.53. The van der Waals surface area contributed by atoms with Gasteiger partial charge in [0.1, 0.15) is 6.33 Å². The van der Waals surface area contributed by atoms with Crippen molar-refractivity contribution >= 4 is 5.91 Å². The Labute approximate surface area is 112 Å². The predicted molar refractivity (Wildman–Crippen MR) is 68.5 cm³/mol. The first-order chi connectivity index (χ1) is 9.19. The number of piperidine rings is 1. The molecule has 2 heterocycles. The molecule has 1 aliphatic heterocycles. The van der Waals surface area contributed by atoms with Crippen LogP contribution in [0.25, 0.3) is 0 Å². The van der Waals surface area contributed by atoms with Crippen molar-refractivity contribution in [1.82, 2.24) is 19.7 Å². The zero-order chi connectivity index (χ0) is 13.4. The van der Waals surface area contributed by atoms with Crippen LogP contribution >= 0.6 is 0 Å². The smallest absolute Gasteiger partial charge is 0.293 e. The third kappa shape index (κ3) is 2.16. The molecule has 6 heteroatoms. The molecular weight excluding hydrogens is 244 g/mol. The van der Waals surface area contributed by atoms with Crippen molar-refractivity contribution in [2.45, 2.75) is 25.0 Å². The number of aryl methyl sites for hydroxylation is 1. The van der Waals surface area contributed by atoms with Gasteiger partial charge in [-0.3, -0.25) is 9.48 Å². The van der Waals surface area contributed by atoms with Crippen LogP contribution in [0.5, 0.6) is 0 Å². The van der Waals surface area contributed by atoms with Crippen molar-refractivity contribution in [1.29, 1.82) is 0 Å². The summed E-state index contributed by atoms with van der Waals surface area (Å²) in [4.78, 5) is 18.2. The van der Waals surface area contributed by atoms with Crippen molar-refractivity contribution < 1.29 is 9.53 Å². The van der Waals surface area contributed by atoms with Crippen LogP contribution < -0.4 is 0 Å². The van der Waals surface area contributed by atoms with Crippen molar-refractivity contribution in [2.75, 3.05) is 13.2 Å². The highest BCUT2D eigenvalue weighted by Gasteiger charge is 2.47. The number of aromatic nitrogens is 3. The van der Waals surface area contributed by atoms with E-state index in [1.54, 1.807) is 24.1 Å². The van der Waals surface area contributed by atoms with Gasteiger partial charge in [0, 0.05) is 25.6 Å². The molecule has 102 valence electrons. The van der Waals surface area contributed by atoms with Gasteiger partial charge in [-0.2, -0.15) is 0 Å². The topological polar surface area (TPSA) is 60.2 Å². The van der Waals surface area contributed by atoms with E-state index in [0.29, 0.717) is 18.3 Å². The summed E-state index contributed by atoms with van der Waals surface area (Å²) in [6, 6.07) is 0.274. The van der Waals surface area contributed by atoms with Crippen LogP contribution in [-0.4, -0.2) is 50.9 Å². The molecule has 2 aliphatic rings. The standard InChI is InChI=1S/C13H18N4O2/c1-3-4-19-11-6-10-5-9(11)7-17(10)13(18)12-14-8-16(2)15-12/h3,8-11H,1,4-7H2,2H3. The van der Waals surface area contributed by atoms with Gasteiger partial charge in [-0.25, -0.2) is 4.98 Å². The predicted octanol–water partition coefficient (Wildman–Crippen LogP) is 0.621. The molecule has 2 fully saturated rings. The van der Waals surface area contributed by atoms with Crippen LogP contribution in [0.4, 0.5) is 0 Å². The number of amides is 1. The van der Waals surface area contributed by atoms with E-state index in [1.807, 2.05) is 4.90 Å². The van der Waals surface area contributed by atoms with Crippen LogP contribution in [0.2, 0.25) is 0 Å². The summed E-state index contributed by atoms with van der Waals surface area (Å²) < 4.78 is 7.29. The number of hydrogen-bond donors (Lipinski definition) is 0. The number of fused-ring (bicyclic) bond motifs is 2. The number of hydrogen-bond acceptors (Lipinski definition) is 4. The lowest BCUT2D eigenvalue weighted by atomic mass is 10.1. The van der Waals surface area contributed by atoms with Gasteiger partial charge in [0.2, 0.25) is 5.82 Å². The normalized spacial score (nSPS) is 28.9. The van der Waals surface area contributed by atoms with E-state index in [1.165, 1.54) is 0 Å². The second kappa shape index (κ2) is 4.77. The number of carbonyl (C=O) groups is 1. The number of carbonyl (C=O) groups excluding carboxylic acids is 1.